The predicted octanol–water partition coefficient (Wildman–Crippen LogP) is 1.40. The summed E-state index contributed by atoms with van der Waals surface area (Å²) in [6.45, 7) is 11.3. The first kappa shape index (κ1) is 27.6. The van der Waals surface area contributed by atoms with E-state index in [1.165, 1.54) is 16.7 Å². The molecule has 1 N–H and O–H groups in total. The SMILES string of the molecule is CCOC1(S(=O)(=O)N2CCN(CC)CC2)C=NC=C(c2nc3c(CC)n([C@H](C)COC)nc3c(=O)[nH]2)C1. The zero-order valence-corrected chi connectivity index (χ0v) is 23.0. The molecule has 0 amide bonds. The molecule has 4 heterocycles. The lowest BCUT2D eigenvalue weighted by Gasteiger charge is -2.40. The Kier molecular flexibility index (Phi) is 8.29. The maximum Gasteiger partial charge on any atom is 0.279 e. The number of hydrogen-bond acceptors (Lipinski definition) is 9. The van der Waals surface area contributed by atoms with Gasteiger partial charge in [-0.2, -0.15) is 9.40 Å². The van der Waals surface area contributed by atoms with Gasteiger partial charge < -0.3 is 19.4 Å². The van der Waals surface area contributed by atoms with Crippen molar-refractivity contribution in [3.63, 3.8) is 0 Å². The lowest BCUT2D eigenvalue weighted by molar-refractivity contribution is 0.0736. The summed E-state index contributed by atoms with van der Waals surface area (Å²) < 4.78 is 42.3. The molecule has 37 heavy (non-hydrogen) atoms. The van der Waals surface area contributed by atoms with Crippen LogP contribution in [0.1, 0.15) is 51.7 Å². The van der Waals surface area contributed by atoms with Crippen LogP contribution in [0.15, 0.2) is 16.0 Å². The summed E-state index contributed by atoms with van der Waals surface area (Å²) in [6.07, 6.45) is 3.49. The van der Waals surface area contributed by atoms with Crippen molar-refractivity contribution in [2.75, 3.05) is 53.0 Å². The van der Waals surface area contributed by atoms with Crippen molar-refractivity contribution < 1.29 is 17.9 Å². The molecule has 1 fully saturated rings. The highest BCUT2D eigenvalue weighted by Gasteiger charge is 2.49. The maximum absolute atomic E-state index is 13.9. The van der Waals surface area contributed by atoms with E-state index in [1.807, 2.05) is 13.8 Å². The number of aromatic nitrogens is 4. The largest absolute Gasteiger partial charge is 0.382 e. The summed E-state index contributed by atoms with van der Waals surface area (Å²) in [7, 11) is -2.30. The number of aryl methyl sites for hydroxylation is 1. The van der Waals surface area contributed by atoms with Crippen LogP contribution in [-0.2, 0) is 25.9 Å². The van der Waals surface area contributed by atoms with E-state index in [-0.39, 0.29) is 30.4 Å². The Morgan fingerprint density at radius 3 is 2.51 bits per heavy atom. The molecule has 0 bridgehead atoms. The highest BCUT2D eigenvalue weighted by Crippen LogP contribution is 2.35. The fourth-order valence-electron chi connectivity index (χ4n) is 5.01. The Morgan fingerprint density at radius 2 is 1.89 bits per heavy atom. The van der Waals surface area contributed by atoms with Crippen molar-refractivity contribution in [1.29, 1.82) is 0 Å². The minimum atomic E-state index is -3.92. The van der Waals surface area contributed by atoms with Gasteiger partial charge in [0.15, 0.2) is 5.52 Å². The first-order valence-corrected chi connectivity index (χ1v) is 14.2. The molecule has 2 aliphatic rings. The van der Waals surface area contributed by atoms with Crippen LogP contribution >= 0.6 is 0 Å². The Hall–Kier alpha value is -2.45. The third kappa shape index (κ3) is 5.02. The number of aliphatic imine (C=N–C) groups is 1. The second-order valence-corrected chi connectivity index (χ2v) is 11.5. The smallest absolute Gasteiger partial charge is 0.279 e. The van der Waals surface area contributed by atoms with Gasteiger partial charge in [0, 0.05) is 58.1 Å². The van der Waals surface area contributed by atoms with Gasteiger partial charge in [0.25, 0.3) is 5.56 Å². The van der Waals surface area contributed by atoms with E-state index >= 15 is 0 Å². The second-order valence-electron chi connectivity index (χ2n) is 9.35. The van der Waals surface area contributed by atoms with E-state index in [2.05, 4.69) is 26.9 Å². The van der Waals surface area contributed by atoms with Crippen molar-refractivity contribution in [2.24, 2.45) is 4.99 Å². The predicted molar refractivity (Wildman–Crippen MR) is 142 cm³/mol. The molecular formula is C24H37N7O5S. The number of hydrogen-bond donors (Lipinski definition) is 1. The quantitative estimate of drug-likeness (QED) is 0.482. The molecule has 204 valence electrons. The Morgan fingerprint density at radius 1 is 1.16 bits per heavy atom. The lowest BCUT2D eigenvalue weighted by atomic mass is 10.1. The highest BCUT2D eigenvalue weighted by atomic mass is 32.2. The first-order valence-electron chi connectivity index (χ1n) is 12.8. The van der Waals surface area contributed by atoms with Crippen molar-refractivity contribution in [3.8, 4) is 0 Å². The number of aromatic amines is 1. The fourth-order valence-corrected chi connectivity index (χ4v) is 6.89. The number of rotatable bonds is 10. The average Bonchev–Trinajstić information content (AvgIpc) is 3.28. The summed E-state index contributed by atoms with van der Waals surface area (Å²) in [5, 5.41) is 4.51. The molecule has 2 aromatic heterocycles. The Balaban J connectivity index is 1.72. The molecule has 0 radical (unpaired) electrons. The van der Waals surface area contributed by atoms with Crippen LogP contribution in [-0.4, -0.2) is 102 Å². The zero-order valence-electron chi connectivity index (χ0n) is 22.2. The van der Waals surface area contributed by atoms with Gasteiger partial charge in [-0.3, -0.25) is 14.5 Å². The molecule has 2 aromatic rings. The number of piperazine rings is 1. The lowest BCUT2D eigenvalue weighted by Crippen LogP contribution is -2.57. The number of fused-ring (bicyclic) bond motifs is 1. The molecule has 4 rings (SSSR count). The summed E-state index contributed by atoms with van der Waals surface area (Å²) >= 11 is 0. The standard InChI is InChI=1S/C24H37N7O5S/c1-6-19-20-21(28-31(19)17(4)15-35-5)23(32)27-22(26-20)18-13-24(36-8-3,16-25-14-18)37(33,34)30-11-9-29(7-2)10-12-30/h14,16-17H,6-13,15H2,1-5H3,(H,26,27,32)/t17-,24?/m1/s1. The van der Waals surface area contributed by atoms with E-state index in [4.69, 9.17) is 14.5 Å². The molecule has 2 atom stereocenters. The Labute approximate surface area is 217 Å². The van der Waals surface area contributed by atoms with Crippen LogP contribution in [0.5, 0.6) is 0 Å². The van der Waals surface area contributed by atoms with Gasteiger partial charge in [0.05, 0.1) is 24.6 Å². The van der Waals surface area contributed by atoms with Crippen molar-refractivity contribution in [3.05, 3.63) is 28.1 Å². The van der Waals surface area contributed by atoms with Gasteiger partial charge >= 0.3 is 0 Å². The number of likely N-dealkylation sites (N-methyl/N-ethyl adjacent to an activating group) is 1. The second kappa shape index (κ2) is 11.1. The first-order chi connectivity index (χ1) is 17.7. The van der Waals surface area contributed by atoms with Crippen molar-refractivity contribution in [2.45, 2.75) is 51.5 Å². The van der Waals surface area contributed by atoms with E-state index in [1.54, 1.807) is 18.7 Å². The maximum atomic E-state index is 13.9. The molecular weight excluding hydrogens is 498 g/mol. The van der Waals surface area contributed by atoms with Gasteiger partial charge in [0.1, 0.15) is 11.3 Å². The van der Waals surface area contributed by atoms with Gasteiger partial charge in [-0.25, -0.2) is 13.4 Å². The minimum Gasteiger partial charge on any atom is -0.382 e. The molecule has 0 aliphatic carbocycles. The number of nitrogens with zero attached hydrogens (tertiary/aromatic N) is 6. The minimum absolute atomic E-state index is 0.0230. The fraction of sp³-hybridized carbons (Fsp3) is 0.667. The van der Waals surface area contributed by atoms with E-state index < -0.39 is 20.5 Å². The molecule has 0 saturated carbocycles. The van der Waals surface area contributed by atoms with E-state index in [9.17, 15) is 13.2 Å². The molecule has 2 aliphatic heterocycles. The summed E-state index contributed by atoms with van der Waals surface area (Å²) in [4.78, 5) is 25.4. The van der Waals surface area contributed by atoms with E-state index in [0.717, 1.165) is 12.2 Å². The number of nitrogens with one attached hydrogen (secondary N) is 1. The number of methoxy groups -OCH3 is 1. The van der Waals surface area contributed by atoms with Crippen LogP contribution < -0.4 is 5.56 Å². The van der Waals surface area contributed by atoms with Gasteiger partial charge in [-0.05, 0) is 26.8 Å². The van der Waals surface area contributed by atoms with Crippen molar-refractivity contribution >= 4 is 32.8 Å². The number of ether oxygens (including phenoxy) is 2. The summed E-state index contributed by atoms with van der Waals surface area (Å²) in [5.74, 6) is 0.262. The van der Waals surface area contributed by atoms with Crippen LogP contribution in [0, 0.1) is 0 Å². The normalized spacial score (nSPS) is 22.5. The summed E-state index contributed by atoms with van der Waals surface area (Å²) in [6, 6.07) is -0.0839. The molecule has 0 aromatic carbocycles. The average molecular weight is 536 g/mol. The third-order valence-electron chi connectivity index (χ3n) is 7.00. The molecule has 1 unspecified atom stereocenters. The van der Waals surface area contributed by atoms with Crippen LogP contribution in [0.25, 0.3) is 16.6 Å². The monoisotopic (exact) mass is 535 g/mol. The molecule has 13 heteroatoms. The van der Waals surface area contributed by atoms with Crippen molar-refractivity contribution in [1.82, 2.24) is 29.0 Å². The van der Waals surface area contributed by atoms with Gasteiger partial charge in [-0.15, -0.1) is 0 Å². The topological polar surface area (TPSA) is 135 Å². The van der Waals surface area contributed by atoms with Crippen LogP contribution in [0.2, 0.25) is 0 Å². The van der Waals surface area contributed by atoms with Gasteiger partial charge in [0.2, 0.25) is 15.0 Å². The van der Waals surface area contributed by atoms with Crippen LogP contribution in [0.4, 0.5) is 0 Å². The number of sulfonamides is 1. The zero-order chi connectivity index (χ0) is 26.8. The molecule has 1 saturated heterocycles. The Bertz CT molecular complexity index is 1340. The van der Waals surface area contributed by atoms with Crippen LogP contribution in [0.3, 0.4) is 0 Å². The third-order valence-corrected chi connectivity index (χ3v) is 9.28. The molecule has 12 nitrogen and oxygen atoms in total. The summed E-state index contributed by atoms with van der Waals surface area (Å²) in [5.41, 5.74) is 1.62. The molecule has 0 spiro atoms. The highest BCUT2D eigenvalue weighted by molar-refractivity contribution is 7.91. The van der Waals surface area contributed by atoms with E-state index in [0.29, 0.717) is 50.3 Å². The van der Waals surface area contributed by atoms with Gasteiger partial charge in [-0.1, -0.05) is 13.8 Å². The number of H-pyrrole nitrogens is 1.